The Balaban J connectivity index is 1.90. The molecule has 0 aliphatic carbocycles. The Kier molecular flexibility index (Phi) is 2.30. The maximum atomic E-state index is 11.8. The average molecular weight is 245 g/mol. The van der Waals surface area contributed by atoms with Crippen LogP contribution >= 0.6 is 11.3 Å². The van der Waals surface area contributed by atoms with E-state index in [0.717, 1.165) is 10.2 Å². The number of nitrogens with zero attached hydrogens (tertiary/aromatic N) is 3. The molecular formula is C10H7N5OS. The van der Waals surface area contributed by atoms with E-state index < -0.39 is 0 Å². The number of aromatic amines is 1. The minimum Gasteiger partial charge on any atom is -0.289 e. The van der Waals surface area contributed by atoms with Gasteiger partial charge >= 0.3 is 0 Å². The van der Waals surface area contributed by atoms with Crippen molar-refractivity contribution in [3.8, 4) is 0 Å². The van der Waals surface area contributed by atoms with Crippen molar-refractivity contribution in [2.24, 2.45) is 0 Å². The van der Waals surface area contributed by atoms with Crippen molar-refractivity contribution >= 4 is 33.4 Å². The first kappa shape index (κ1) is 9.91. The number of para-hydroxylation sites is 1. The van der Waals surface area contributed by atoms with Gasteiger partial charge in [-0.2, -0.15) is 10.1 Å². The number of carbonyl (C=O) groups excluding carboxylic acids is 1. The highest BCUT2D eigenvalue weighted by molar-refractivity contribution is 7.20. The highest BCUT2D eigenvalue weighted by Gasteiger charge is 2.12. The van der Waals surface area contributed by atoms with E-state index in [9.17, 15) is 4.79 Å². The van der Waals surface area contributed by atoms with Crippen molar-refractivity contribution in [3.05, 3.63) is 35.6 Å². The summed E-state index contributed by atoms with van der Waals surface area (Å²) in [6.07, 6.45) is 1.33. The van der Waals surface area contributed by atoms with Gasteiger partial charge in [0.2, 0.25) is 5.95 Å². The number of amides is 1. The van der Waals surface area contributed by atoms with Crippen LogP contribution in [0.4, 0.5) is 5.95 Å². The zero-order valence-electron chi connectivity index (χ0n) is 8.54. The molecule has 3 aromatic rings. The van der Waals surface area contributed by atoms with Gasteiger partial charge in [0.25, 0.3) is 5.91 Å². The number of anilines is 1. The Bertz CT molecular complexity index is 627. The summed E-state index contributed by atoms with van der Waals surface area (Å²) in [5, 5.41) is 9.18. The number of hydrogen-bond acceptors (Lipinski definition) is 5. The van der Waals surface area contributed by atoms with Gasteiger partial charge in [0.1, 0.15) is 6.33 Å². The van der Waals surface area contributed by atoms with Crippen LogP contribution in [0, 0.1) is 0 Å². The first-order chi connectivity index (χ1) is 8.33. The summed E-state index contributed by atoms with van der Waals surface area (Å²) >= 11 is 1.34. The van der Waals surface area contributed by atoms with Gasteiger partial charge in [-0.15, -0.1) is 11.3 Å². The lowest BCUT2D eigenvalue weighted by atomic mass is 10.3. The minimum absolute atomic E-state index is 0.289. The summed E-state index contributed by atoms with van der Waals surface area (Å²) in [5.74, 6) is 0.0252. The topological polar surface area (TPSA) is 83.6 Å². The van der Waals surface area contributed by atoms with Gasteiger partial charge in [-0.05, 0) is 12.1 Å². The van der Waals surface area contributed by atoms with Crippen molar-refractivity contribution in [2.75, 3.05) is 5.32 Å². The predicted octanol–water partition coefficient (Wildman–Crippen LogP) is 1.67. The van der Waals surface area contributed by atoms with Gasteiger partial charge in [0.15, 0.2) is 5.01 Å². The van der Waals surface area contributed by atoms with E-state index >= 15 is 0 Å². The summed E-state index contributed by atoms with van der Waals surface area (Å²) in [5.41, 5.74) is 0.820. The second-order valence-corrected chi connectivity index (χ2v) is 4.31. The zero-order chi connectivity index (χ0) is 11.7. The summed E-state index contributed by atoms with van der Waals surface area (Å²) in [4.78, 5) is 19.9. The zero-order valence-corrected chi connectivity index (χ0v) is 9.36. The molecule has 3 rings (SSSR count). The first-order valence-electron chi connectivity index (χ1n) is 4.85. The third-order valence-electron chi connectivity index (χ3n) is 2.14. The van der Waals surface area contributed by atoms with Gasteiger partial charge < -0.3 is 0 Å². The number of rotatable bonds is 2. The van der Waals surface area contributed by atoms with Gasteiger partial charge in [0.05, 0.1) is 10.2 Å². The quantitative estimate of drug-likeness (QED) is 0.719. The SMILES string of the molecule is O=C(Nc1ncn[nH]1)c1nc2ccccc2s1. The van der Waals surface area contributed by atoms with Crippen LogP contribution in [0.3, 0.4) is 0 Å². The van der Waals surface area contributed by atoms with Crippen LogP contribution in [0.25, 0.3) is 10.2 Å². The molecule has 17 heavy (non-hydrogen) atoms. The van der Waals surface area contributed by atoms with Gasteiger partial charge in [-0.1, -0.05) is 12.1 Å². The molecule has 6 nitrogen and oxygen atoms in total. The normalized spacial score (nSPS) is 10.6. The van der Waals surface area contributed by atoms with Gasteiger partial charge in [-0.25, -0.2) is 10.1 Å². The van der Waals surface area contributed by atoms with Crippen LogP contribution in [-0.4, -0.2) is 26.1 Å². The third kappa shape index (κ3) is 1.87. The molecule has 2 N–H and O–H groups in total. The number of H-pyrrole nitrogens is 1. The molecule has 2 heterocycles. The number of carbonyl (C=O) groups is 1. The molecule has 0 atom stereocenters. The Morgan fingerprint density at radius 3 is 3.00 bits per heavy atom. The summed E-state index contributed by atoms with van der Waals surface area (Å²) < 4.78 is 0.982. The molecule has 0 saturated carbocycles. The van der Waals surface area contributed by atoms with Crippen LogP contribution in [0.5, 0.6) is 0 Å². The monoisotopic (exact) mass is 245 g/mol. The molecule has 1 amide bonds. The molecule has 0 unspecified atom stereocenters. The van der Waals surface area contributed by atoms with Crippen molar-refractivity contribution < 1.29 is 4.79 Å². The Morgan fingerprint density at radius 2 is 2.24 bits per heavy atom. The lowest BCUT2D eigenvalue weighted by Crippen LogP contribution is -2.12. The number of thiazole rings is 1. The number of aromatic nitrogens is 4. The number of benzene rings is 1. The van der Waals surface area contributed by atoms with Crippen LogP contribution in [-0.2, 0) is 0 Å². The maximum Gasteiger partial charge on any atom is 0.287 e. The molecule has 0 fully saturated rings. The van der Waals surface area contributed by atoms with Gasteiger partial charge in [0, 0.05) is 0 Å². The minimum atomic E-state index is -0.289. The molecule has 84 valence electrons. The fraction of sp³-hybridized carbons (Fsp3) is 0. The third-order valence-corrected chi connectivity index (χ3v) is 3.17. The molecule has 7 heteroatoms. The van der Waals surface area contributed by atoms with E-state index in [1.807, 2.05) is 24.3 Å². The van der Waals surface area contributed by atoms with Crippen molar-refractivity contribution in [2.45, 2.75) is 0 Å². The van der Waals surface area contributed by atoms with E-state index in [1.165, 1.54) is 17.7 Å². The smallest absolute Gasteiger partial charge is 0.287 e. The number of fused-ring (bicyclic) bond motifs is 1. The Morgan fingerprint density at radius 1 is 1.35 bits per heavy atom. The fourth-order valence-corrected chi connectivity index (χ4v) is 2.26. The van der Waals surface area contributed by atoms with Crippen LogP contribution in [0.15, 0.2) is 30.6 Å². The van der Waals surface area contributed by atoms with E-state index in [1.54, 1.807) is 0 Å². The van der Waals surface area contributed by atoms with Crippen molar-refractivity contribution in [1.82, 2.24) is 20.2 Å². The highest BCUT2D eigenvalue weighted by Crippen LogP contribution is 2.21. The van der Waals surface area contributed by atoms with Crippen molar-refractivity contribution in [1.29, 1.82) is 0 Å². The lowest BCUT2D eigenvalue weighted by molar-refractivity contribution is 0.102. The van der Waals surface area contributed by atoms with E-state index in [-0.39, 0.29) is 5.91 Å². The Hall–Kier alpha value is -2.28. The molecule has 0 saturated heterocycles. The highest BCUT2D eigenvalue weighted by atomic mass is 32.1. The number of hydrogen-bond donors (Lipinski definition) is 2. The summed E-state index contributed by atoms with van der Waals surface area (Å²) in [7, 11) is 0. The predicted molar refractivity (Wildman–Crippen MR) is 64.0 cm³/mol. The maximum absolute atomic E-state index is 11.8. The second kappa shape index (κ2) is 3.95. The molecule has 0 aliphatic heterocycles. The van der Waals surface area contributed by atoms with E-state index in [0.29, 0.717) is 11.0 Å². The summed E-state index contributed by atoms with van der Waals surface area (Å²) in [6.45, 7) is 0. The molecule has 2 aromatic heterocycles. The fourth-order valence-electron chi connectivity index (χ4n) is 1.40. The molecule has 1 aromatic carbocycles. The van der Waals surface area contributed by atoms with Crippen LogP contribution < -0.4 is 5.32 Å². The van der Waals surface area contributed by atoms with Crippen LogP contribution in [0.1, 0.15) is 9.80 Å². The molecule has 0 aliphatic rings. The standard InChI is InChI=1S/C10H7N5OS/c16-8(14-10-11-5-12-15-10)9-13-6-3-1-2-4-7(6)17-9/h1-5H,(H2,11,12,14,15,16). The first-order valence-corrected chi connectivity index (χ1v) is 5.67. The van der Waals surface area contributed by atoms with E-state index in [2.05, 4.69) is 25.5 Å². The van der Waals surface area contributed by atoms with Crippen LogP contribution in [0.2, 0.25) is 0 Å². The lowest BCUT2D eigenvalue weighted by Gasteiger charge is -1.95. The second-order valence-electron chi connectivity index (χ2n) is 3.27. The Labute approximate surface area is 99.7 Å². The molecule has 0 bridgehead atoms. The summed E-state index contributed by atoms with van der Waals surface area (Å²) in [6, 6.07) is 7.61. The van der Waals surface area contributed by atoms with Crippen molar-refractivity contribution in [3.63, 3.8) is 0 Å². The van der Waals surface area contributed by atoms with E-state index in [4.69, 9.17) is 0 Å². The largest absolute Gasteiger partial charge is 0.289 e. The molecular weight excluding hydrogens is 238 g/mol. The average Bonchev–Trinajstić information content (AvgIpc) is 2.96. The van der Waals surface area contributed by atoms with Gasteiger partial charge in [-0.3, -0.25) is 10.1 Å². The molecule has 0 spiro atoms. The number of nitrogens with one attached hydrogen (secondary N) is 2. The molecule has 0 radical (unpaired) electrons.